The number of hydrogen-bond donors (Lipinski definition) is 1. The van der Waals surface area contributed by atoms with Gasteiger partial charge < -0.3 is 5.32 Å². The maximum Gasteiger partial charge on any atom is 0.240 e. The molecule has 0 saturated carbocycles. The van der Waals surface area contributed by atoms with Crippen LogP contribution < -0.4 is 5.32 Å². The van der Waals surface area contributed by atoms with Crippen molar-refractivity contribution < 1.29 is 4.92 Å². The summed E-state index contributed by atoms with van der Waals surface area (Å²) in [4.78, 5) is 11.2. The predicted octanol–water partition coefficient (Wildman–Crippen LogP) is 3.65. The number of fused-ring (bicyclic) bond motifs is 1. The molecule has 1 aliphatic heterocycles. The summed E-state index contributed by atoms with van der Waals surface area (Å²) in [5, 5.41) is 14.5. The summed E-state index contributed by atoms with van der Waals surface area (Å²) in [5.74, 6) is -0.222. The van der Waals surface area contributed by atoms with Crippen molar-refractivity contribution in [3.8, 4) is 0 Å². The Balaban J connectivity index is 2.15. The first kappa shape index (κ1) is 13.1. The summed E-state index contributed by atoms with van der Waals surface area (Å²) >= 11 is 3.45. The monoisotopic (exact) mass is 332 g/mol. The first-order chi connectivity index (χ1) is 9.66. The Bertz CT molecular complexity index is 646. The van der Waals surface area contributed by atoms with E-state index in [9.17, 15) is 10.1 Å². The maximum absolute atomic E-state index is 11.4. The SMILES string of the molecule is O=[N+]([O-])[C@@H]1CNc2ccc(Br)cc2[C@H]1c1ccccc1. The normalized spacial score (nSPS) is 20.9. The van der Waals surface area contributed by atoms with Crippen LogP contribution >= 0.6 is 15.9 Å². The van der Waals surface area contributed by atoms with Crippen LogP contribution in [0.1, 0.15) is 17.0 Å². The fraction of sp³-hybridized carbons (Fsp3) is 0.200. The molecule has 1 aliphatic rings. The van der Waals surface area contributed by atoms with Crippen LogP contribution in [0.5, 0.6) is 0 Å². The third-order valence-electron chi connectivity index (χ3n) is 3.66. The third-order valence-corrected chi connectivity index (χ3v) is 4.16. The molecule has 5 heteroatoms. The Labute approximate surface area is 125 Å². The molecule has 20 heavy (non-hydrogen) atoms. The van der Waals surface area contributed by atoms with Crippen LogP contribution in [-0.4, -0.2) is 17.5 Å². The van der Waals surface area contributed by atoms with E-state index in [1.165, 1.54) is 0 Å². The van der Waals surface area contributed by atoms with Crippen LogP contribution in [0, 0.1) is 10.1 Å². The van der Waals surface area contributed by atoms with Gasteiger partial charge in [-0.2, -0.15) is 0 Å². The van der Waals surface area contributed by atoms with E-state index in [-0.39, 0.29) is 10.8 Å². The van der Waals surface area contributed by atoms with E-state index in [0.717, 1.165) is 21.3 Å². The van der Waals surface area contributed by atoms with E-state index >= 15 is 0 Å². The Morgan fingerprint density at radius 2 is 1.95 bits per heavy atom. The standard InChI is InChI=1S/C15H13BrN2O2/c16-11-6-7-13-12(8-11)15(10-4-2-1-3-5-10)14(9-17-13)18(19)20/h1-8,14-15,17H,9H2/t14-,15-/m1/s1. The highest BCUT2D eigenvalue weighted by Gasteiger charge is 2.38. The van der Waals surface area contributed by atoms with Gasteiger partial charge in [0.25, 0.3) is 0 Å². The molecule has 0 unspecified atom stereocenters. The molecule has 2 atom stereocenters. The Morgan fingerprint density at radius 3 is 2.65 bits per heavy atom. The van der Waals surface area contributed by atoms with Crippen molar-refractivity contribution >= 4 is 21.6 Å². The zero-order chi connectivity index (χ0) is 14.1. The van der Waals surface area contributed by atoms with E-state index in [4.69, 9.17) is 0 Å². The molecule has 0 bridgehead atoms. The van der Waals surface area contributed by atoms with Gasteiger partial charge in [0.2, 0.25) is 6.04 Å². The van der Waals surface area contributed by atoms with Gasteiger partial charge in [-0.25, -0.2) is 0 Å². The van der Waals surface area contributed by atoms with Gasteiger partial charge in [0.05, 0.1) is 12.5 Å². The van der Waals surface area contributed by atoms with E-state index in [2.05, 4.69) is 21.2 Å². The van der Waals surface area contributed by atoms with Gasteiger partial charge in [-0.05, 0) is 29.3 Å². The molecule has 1 N–H and O–H groups in total. The summed E-state index contributed by atoms with van der Waals surface area (Å²) in [6, 6.07) is 14.9. The van der Waals surface area contributed by atoms with Gasteiger partial charge >= 0.3 is 0 Å². The molecular weight excluding hydrogens is 320 g/mol. The molecule has 0 radical (unpaired) electrons. The number of nitrogens with zero attached hydrogens (tertiary/aromatic N) is 1. The van der Waals surface area contributed by atoms with Crippen molar-refractivity contribution in [1.29, 1.82) is 0 Å². The highest BCUT2D eigenvalue weighted by molar-refractivity contribution is 9.10. The first-order valence-corrected chi connectivity index (χ1v) is 7.18. The van der Waals surface area contributed by atoms with E-state index in [1.807, 2.05) is 48.5 Å². The summed E-state index contributed by atoms with van der Waals surface area (Å²) in [7, 11) is 0. The Kier molecular flexibility index (Phi) is 3.44. The summed E-state index contributed by atoms with van der Waals surface area (Å²) in [6.45, 7) is 0.348. The lowest BCUT2D eigenvalue weighted by Gasteiger charge is -2.29. The minimum Gasteiger partial charge on any atom is -0.378 e. The second-order valence-corrected chi connectivity index (χ2v) is 5.77. The Morgan fingerprint density at radius 1 is 1.20 bits per heavy atom. The smallest absolute Gasteiger partial charge is 0.240 e. The van der Waals surface area contributed by atoms with Crippen molar-refractivity contribution in [2.24, 2.45) is 0 Å². The topological polar surface area (TPSA) is 55.2 Å². The number of nitro groups is 1. The average molecular weight is 333 g/mol. The number of halogens is 1. The largest absolute Gasteiger partial charge is 0.378 e. The second kappa shape index (κ2) is 5.25. The number of hydrogen-bond acceptors (Lipinski definition) is 3. The van der Waals surface area contributed by atoms with Crippen molar-refractivity contribution in [3.05, 3.63) is 74.2 Å². The molecule has 0 saturated heterocycles. The molecule has 4 nitrogen and oxygen atoms in total. The lowest BCUT2D eigenvalue weighted by atomic mass is 9.82. The molecule has 3 rings (SSSR count). The molecule has 102 valence electrons. The zero-order valence-corrected chi connectivity index (χ0v) is 12.2. The van der Waals surface area contributed by atoms with Crippen molar-refractivity contribution in [2.45, 2.75) is 12.0 Å². The van der Waals surface area contributed by atoms with Crippen LogP contribution in [0.3, 0.4) is 0 Å². The first-order valence-electron chi connectivity index (χ1n) is 6.38. The van der Waals surface area contributed by atoms with E-state index < -0.39 is 6.04 Å². The third kappa shape index (κ3) is 2.29. The zero-order valence-electron chi connectivity index (χ0n) is 10.6. The van der Waals surface area contributed by atoms with Crippen molar-refractivity contribution in [3.63, 3.8) is 0 Å². The Hall–Kier alpha value is -1.88. The number of nitrogens with one attached hydrogen (secondary N) is 1. The molecule has 2 aromatic carbocycles. The van der Waals surface area contributed by atoms with Crippen LogP contribution in [0.15, 0.2) is 53.0 Å². The predicted molar refractivity (Wildman–Crippen MR) is 81.7 cm³/mol. The van der Waals surface area contributed by atoms with Gasteiger partial charge in [-0.3, -0.25) is 10.1 Å². The van der Waals surface area contributed by atoms with Crippen LogP contribution in [0.4, 0.5) is 5.69 Å². The minimum atomic E-state index is -0.654. The van der Waals surface area contributed by atoms with Crippen LogP contribution in [0.2, 0.25) is 0 Å². The van der Waals surface area contributed by atoms with Gasteiger partial charge in [-0.15, -0.1) is 0 Å². The lowest BCUT2D eigenvalue weighted by Crippen LogP contribution is -2.39. The van der Waals surface area contributed by atoms with Gasteiger partial charge in [0.15, 0.2) is 0 Å². The van der Waals surface area contributed by atoms with Crippen molar-refractivity contribution in [1.82, 2.24) is 0 Å². The van der Waals surface area contributed by atoms with E-state index in [0.29, 0.717) is 6.54 Å². The lowest BCUT2D eigenvalue weighted by molar-refractivity contribution is -0.521. The maximum atomic E-state index is 11.4. The van der Waals surface area contributed by atoms with E-state index in [1.54, 1.807) is 0 Å². The molecule has 0 fully saturated rings. The van der Waals surface area contributed by atoms with Gasteiger partial charge in [0.1, 0.15) is 0 Å². The van der Waals surface area contributed by atoms with Gasteiger partial charge in [-0.1, -0.05) is 46.3 Å². The minimum absolute atomic E-state index is 0.186. The average Bonchev–Trinajstić information content (AvgIpc) is 2.46. The quantitative estimate of drug-likeness (QED) is 0.674. The summed E-state index contributed by atoms with van der Waals surface area (Å²) in [5.41, 5.74) is 2.92. The molecule has 1 heterocycles. The number of anilines is 1. The molecule has 2 aromatic rings. The molecular formula is C15H13BrN2O2. The van der Waals surface area contributed by atoms with Gasteiger partial charge in [0, 0.05) is 15.1 Å². The molecule has 0 amide bonds. The highest BCUT2D eigenvalue weighted by Crippen LogP contribution is 2.39. The van der Waals surface area contributed by atoms with Crippen LogP contribution in [-0.2, 0) is 0 Å². The highest BCUT2D eigenvalue weighted by atomic mass is 79.9. The number of rotatable bonds is 2. The molecule has 0 aliphatic carbocycles. The fourth-order valence-electron chi connectivity index (χ4n) is 2.75. The van der Waals surface area contributed by atoms with Crippen molar-refractivity contribution in [2.75, 3.05) is 11.9 Å². The summed E-state index contributed by atoms with van der Waals surface area (Å²) in [6.07, 6.45) is 0. The summed E-state index contributed by atoms with van der Waals surface area (Å²) < 4.78 is 0.933. The number of benzene rings is 2. The molecule has 0 aromatic heterocycles. The molecule has 0 spiro atoms. The fourth-order valence-corrected chi connectivity index (χ4v) is 3.13. The van der Waals surface area contributed by atoms with Crippen LogP contribution in [0.25, 0.3) is 0 Å². The second-order valence-electron chi connectivity index (χ2n) is 4.85.